The fourth-order valence-electron chi connectivity index (χ4n) is 6.53. The van der Waals surface area contributed by atoms with Crippen LogP contribution >= 0.6 is 0 Å². The van der Waals surface area contributed by atoms with Gasteiger partial charge < -0.3 is 9.13 Å². The molecule has 0 radical (unpaired) electrons. The highest BCUT2D eigenvalue weighted by Gasteiger charge is 2.25. The molecule has 0 N–H and O–H groups in total. The summed E-state index contributed by atoms with van der Waals surface area (Å²) >= 11 is 0. The molecule has 2 aromatic heterocycles. The summed E-state index contributed by atoms with van der Waals surface area (Å²) < 4.78 is 5.11. The van der Waals surface area contributed by atoms with Crippen LogP contribution in [0.1, 0.15) is 24.1 Å². The van der Waals surface area contributed by atoms with Crippen LogP contribution in [-0.2, 0) is 12.8 Å². The summed E-state index contributed by atoms with van der Waals surface area (Å²) in [7, 11) is -0.980. The third kappa shape index (κ3) is 3.50. The number of hydrogen-bond acceptors (Lipinski definition) is 0. The first-order chi connectivity index (χ1) is 18.2. The van der Waals surface area contributed by atoms with Crippen LogP contribution in [0.2, 0.25) is 19.6 Å². The van der Waals surface area contributed by atoms with Gasteiger partial charge in [-0.1, -0.05) is 78.5 Å². The molecule has 184 valence electrons. The standard InChI is InChI=1S/C33H34N2Si2/c1-36-24-16-12-22(13-17-24)34-30-11-7-5-9-28(30)32-31(34)21-20-27-26-8-4-6-10-29(26)35(33(27)32)23-14-18-25(19-15-23)37(2)3/h5,7,9,11-21,37H,4,6,8,10,36H2,1-3H3. The van der Waals surface area contributed by atoms with Crippen LogP contribution in [0, 0.1) is 0 Å². The number of fused-ring (bicyclic) bond motifs is 7. The first kappa shape index (κ1) is 22.8. The minimum absolute atomic E-state index is 0.157. The van der Waals surface area contributed by atoms with E-state index in [1.54, 1.807) is 5.56 Å². The maximum atomic E-state index is 2.63. The maximum Gasteiger partial charge on any atom is 0.0647 e. The highest BCUT2D eigenvalue weighted by molar-refractivity contribution is 6.70. The molecular formula is C33H34N2Si2. The van der Waals surface area contributed by atoms with Gasteiger partial charge in [0.2, 0.25) is 0 Å². The van der Waals surface area contributed by atoms with Gasteiger partial charge >= 0.3 is 0 Å². The summed E-state index contributed by atoms with van der Waals surface area (Å²) in [5.41, 5.74) is 9.65. The molecule has 6 aromatic rings. The summed E-state index contributed by atoms with van der Waals surface area (Å²) in [6, 6.07) is 32.6. The molecule has 1 aliphatic carbocycles. The van der Waals surface area contributed by atoms with Gasteiger partial charge in [0.25, 0.3) is 0 Å². The molecule has 0 spiro atoms. The van der Waals surface area contributed by atoms with Crippen molar-refractivity contribution in [3.63, 3.8) is 0 Å². The van der Waals surface area contributed by atoms with Crippen molar-refractivity contribution in [2.45, 2.75) is 45.3 Å². The summed E-state index contributed by atoms with van der Waals surface area (Å²) in [6.07, 6.45) is 4.91. The molecule has 4 aromatic carbocycles. The Labute approximate surface area is 223 Å². The zero-order valence-electron chi connectivity index (χ0n) is 22.1. The lowest BCUT2D eigenvalue weighted by molar-refractivity contribution is 0.667. The minimum atomic E-state index is -0.824. The molecule has 0 amide bonds. The summed E-state index contributed by atoms with van der Waals surface area (Å²) in [6.45, 7) is 7.18. The second-order valence-corrected chi connectivity index (χ2v) is 15.4. The fraction of sp³-hybridized carbons (Fsp3) is 0.212. The number of aromatic nitrogens is 2. The maximum absolute atomic E-state index is 2.63. The van der Waals surface area contributed by atoms with Crippen LogP contribution in [-0.4, -0.2) is 27.5 Å². The van der Waals surface area contributed by atoms with E-state index in [0.29, 0.717) is 0 Å². The lowest BCUT2D eigenvalue weighted by atomic mass is 9.95. The second-order valence-electron chi connectivity index (χ2n) is 10.9. The van der Waals surface area contributed by atoms with Gasteiger partial charge in [-0.15, -0.1) is 0 Å². The Morgan fingerprint density at radius 2 is 1.38 bits per heavy atom. The van der Waals surface area contributed by atoms with E-state index >= 15 is 0 Å². The molecule has 0 aliphatic heterocycles. The number of aryl methyl sites for hydroxylation is 1. The van der Waals surface area contributed by atoms with Crippen LogP contribution in [0.25, 0.3) is 44.1 Å². The Bertz CT molecular complexity index is 1770. The van der Waals surface area contributed by atoms with Crippen molar-refractivity contribution in [2.24, 2.45) is 0 Å². The first-order valence-corrected chi connectivity index (χ1v) is 18.9. The van der Waals surface area contributed by atoms with Crippen molar-refractivity contribution in [1.82, 2.24) is 9.13 Å². The minimum Gasteiger partial charge on any atom is -0.313 e. The number of benzene rings is 4. The monoisotopic (exact) mass is 514 g/mol. The van der Waals surface area contributed by atoms with Crippen LogP contribution in [0.5, 0.6) is 0 Å². The fourth-order valence-corrected chi connectivity index (χ4v) is 8.20. The molecule has 2 heterocycles. The van der Waals surface area contributed by atoms with E-state index < -0.39 is 8.80 Å². The van der Waals surface area contributed by atoms with Gasteiger partial charge in [0, 0.05) is 33.2 Å². The zero-order chi connectivity index (χ0) is 25.1. The first-order valence-electron chi connectivity index (χ1n) is 13.9. The normalized spacial score (nSPS) is 14.1. The van der Waals surface area contributed by atoms with E-state index in [9.17, 15) is 0 Å². The van der Waals surface area contributed by atoms with E-state index in [-0.39, 0.29) is 9.52 Å². The number of hydrogen-bond donors (Lipinski definition) is 0. The van der Waals surface area contributed by atoms with Crippen molar-refractivity contribution < 1.29 is 0 Å². The van der Waals surface area contributed by atoms with Crippen molar-refractivity contribution in [2.75, 3.05) is 0 Å². The van der Waals surface area contributed by atoms with Crippen molar-refractivity contribution in [1.29, 1.82) is 0 Å². The highest BCUT2D eigenvalue weighted by Crippen LogP contribution is 2.42. The van der Waals surface area contributed by atoms with Crippen molar-refractivity contribution >= 4 is 61.4 Å². The van der Waals surface area contributed by atoms with Gasteiger partial charge in [-0.25, -0.2) is 0 Å². The molecule has 0 unspecified atom stereocenters. The topological polar surface area (TPSA) is 9.86 Å². The van der Waals surface area contributed by atoms with E-state index in [1.165, 1.54) is 79.4 Å². The molecule has 0 bridgehead atoms. The van der Waals surface area contributed by atoms with E-state index in [4.69, 9.17) is 0 Å². The van der Waals surface area contributed by atoms with Gasteiger partial charge in [0.1, 0.15) is 0 Å². The molecule has 0 fully saturated rings. The van der Waals surface area contributed by atoms with Crippen molar-refractivity contribution in [3.8, 4) is 11.4 Å². The molecule has 0 saturated carbocycles. The van der Waals surface area contributed by atoms with Crippen molar-refractivity contribution in [3.05, 3.63) is 96.2 Å². The molecule has 0 saturated heterocycles. The summed E-state index contributed by atoms with van der Waals surface area (Å²) in [5, 5.41) is 7.23. The molecule has 1 aliphatic rings. The predicted octanol–water partition coefficient (Wildman–Crippen LogP) is 6.14. The molecule has 2 nitrogen and oxygen atoms in total. The van der Waals surface area contributed by atoms with Gasteiger partial charge in [-0.05, 0) is 67.6 Å². The molecule has 7 rings (SSSR count). The quantitative estimate of drug-likeness (QED) is 0.250. The van der Waals surface area contributed by atoms with Crippen LogP contribution in [0.15, 0.2) is 84.9 Å². The average molecular weight is 515 g/mol. The Morgan fingerprint density at radius 1 is 0.676 bits per heavy atom. The number of nitrogens with zero attached hydrogens (tertiary/aromatic N) is 2. The van der Waals surface area contributed by atoms with Crippen LogP contribution in [0.3, 0.4) is 0 Å². The number of rotatable bonds is 4. The van der Waals surface area contributed by atoms with Crippen LogP contribution < -0.4 is 10.4 Å². The van der Waals surface area contributed by atoms with E-state index in [0.717, 1.165) is 6.42 Å². The summed E-state index contributed by atoms with van der Waals surface area (Å²) in [4.78, 5) is 0. The van der Waals surface area contributed by atoms with Gasteiger partial charge in [0.15, 0.2) is 0 Å². The Balaban J connectivity index is 1.61. The third-order valence-corrected chi connectivity index (χ3v) is 11.5. The predicted molar refractivity (Wildman–Crippen MR) is 167 cm³/mol. The third-order valence-electron chi connectivity index (χ3n) is 8.49. The number of para-hydroxylation sites is 1. The smallest absolute Gasteiger partial charge is 0.0647 e. The van der Waals surface area contributed by atoms with Crippen LogP contribution in [0.4, 0.5) is 0 Å². The van der Waals surface area contributed by atoms with Gasteiger partial charge in [0.05, 0.1) is 34.9 Å². The SMILES string of the molecule is C[SiH2]c1ccc(-n2c3ccccc3c3c4c(ccc32)c2c(n4-c3ccc([SiH](C)C)cc3)CCCC2)cc1. The molecule has 4 heteroatoms. The Hall–Kier alpha value is -3.35. The van der Waals surface area contributed by atoms with E-state index in [1.807, 2.05) is 0 Å². The van der Waals surface area contributed by atoms with E-state index in [2.05, 4.69) is 114 Å². The lowest BCUT2D eigenvalue weighted by Gasteiger charge is -2.17. The second kappa shape index (κ2) is 8.89. The largest absolute Gasteiger partial charge is 0.313 e. The zero-order valence-corrected chi connectivity index (χ0v) is 24.7. The summed E-state index contributed by atoms with van der Waals surface area (Å²) in [5.74, 6) is 0. The lowest BCUT2D eigenvalue weighted by Crippen LogP contribution is -2.22. The average Bonchev–Trinajstić information content (AvgIpc) is 3.46. The Kier molecular flexibility index (Phi) is 5.49. The molecular weight excluding hydrogens is 481 g/mol. The Morgan fingerprint density at radius 3 is 2.14 bits per heavy atom. The molecule has 37 heavy (non-hydrogen) atoms. The highest BCUT2D eigenvalue weighted by atomic mass is 28.3. The molecule has 0 atom stereocenters. The van der Waals surface area contributed by atoms with Gasteiger partial charge in [-0.3, -0.25) is 0 Å². The van der Waals surface area contributed by atoms with Gasteiger partial charge in [-0.2, -0.15) is 0 Å².